The monoisotopic (exact) mass is 286 g/mol. The predicted molar refractivity (Wildman–Crippen MR) is 84.5 cm³/mol. The lowest BCUT2D eigenvalue weighted by molar-refractivity contribution is 0.626. The number of hydrogen-bond acceptors (Lipinski definition) is 4. The third-order valence-corrected chi connectivity index (χ3v) is 4.99. The summed E-state index contributed by atoms with van der Waals surface area (Å²) < 4.78 is 0. The first-order chi connectivity index (χ1) is 8.67. The van der Waals surface area contributed by atoms with E-state index in [0.29, 0.717) is 5.92 Å². The molecule has 0 radical (unpaired) electrons. The van der Waals surface area contributed by atoms with Gasteiger partial charge in [0, 0.05) is 17.2 Å². The first kappa shape index (κ1) is 16.0. The number of nitrogens with one attached hydrogen (secondary N) is 1. The van der Waals surface area contributed by atoms with Gasteiger partial charge in [-0.2, -0.15) is 11.8 Å². The van der Waals surface area contributed by atoms with Gasteiger partial charge in [-0.25, -0.2) is 4.98 Å². The molecule has 1 aromatic rings. The Morgan fingerprint density at radius 3 is 2.72 bits per heavy atom. The summed E-state index contributed by atoms with van der Waals surface area (Å²) in [5, 5.41) is 4.73. The molecular formula is C14H26N2S2. The smallest absolute Gasteiger partial charge is 0.103 e. The summed E-state index contributed by atoms with van der Waals surface area (Å²) in [6.45, 7) is 10.9. The van der Waals surface area contributed by atoms with Crippen molar-refractivity contribution in [2.75, 3.05) is 12.3 Å². The molecule has 1 rings (SSSR count). The van der Waals surface area contributed by atoms with Crippen LogP contribution in [-0.2, 0) is 18.7 Å². The lowest BCUT2D eigenvalue weighted by atomic mass is 10.1. The minimum Gasteiger partial charge on any atom is -0.312 e. The molecule has 1 N–H and O–H groups in total. The first-order valence-electron chi connectivity index (χ1n) is 6.93. The first-order valence-corrected chi connectivity index (χ1v) is 8.90. The van der Waals surface area contributed by atoms with E-state index in [9.17, 15) is 0 Å². The largest absolute Gasteiger partial charge is 0.312 e. The van der Waals surface area contributed by atoms with Gasteiger partial charge in [0.25, 0.3) is 0 Å². The molecule has 0 atom stereocenters. The van der Waals surface area contributed by atoms with E-state index in [1.165, 1.54) is 27.8 Å². The Balaban J connectivity index is 2.65. The summed E-state index contributed by atoms with van der Waals surface area (Å²) in [6.07, 6.45) is 2.36. The molecule has 0 fully saturated rings. The molecule has 0 aromatic carbocycles. The predicted octanol–water partition coefficient (Wildman–Crippen LogP) is 4.09. The van der Waals surface area contributed by atoms with Crippen LogP contribution in [0, 0.1) is 5.92 Å². The number of aromatic nitrogens is 1. The molecule has 4 heteroatoms. The lowest BCUT2D eigenvalue weighted by Crippen LogP contribution is -2.12. The van der Waals surface area contributed by atoms with Gasteiger partial charge in [-0.3, -0.25) is 0 Å². The molecule has 1 aromatic heterocycles. The van der Waals surface area contributed by atoms with Gasteiger partial charge < -0.3 is 5.32 Å². The maximum Gasteiger partial charge on any atom is 0.103 e. The molecule has 0 unspecified atom stereocenters. The summed E-state index contributed by atoms with van der Waals surface area (Å²) in [5.41, 5.74) is 1.32. The molecule has 0 aliphatic heterocycles. The van der Waals surface area contributed by atoms with E-state index in [4.69, 9.17) is 4.98 Å². The SMILES string of the molecule is CCCSCc1nc(CC(C)C)c(CNCC)s1. The van der Waals surface area contributed by atoms with E-state index >= 15 is 0 Å². The molecule has 0 spiro atoms. The van der Waals surface area contributed by atoms with Crippen molar-refractivity contribution in [3.8, 4) is 0 Å². The highest BCUT2D eigenvalue weighted by atomic mass is 32.2. The number of nitrogens with zero attached hydrogens (tertiary/aromatic N) is 1. The van der Waals surface area contributed by atoms with Crippen LogP contribution in [0.3, 0.4) is 0 Å². The second kappa shape index (κ2) is 8.94. The summed E-state index contributed by atoms with van der Waals surface area (Å²) in [4.78, 5) is 6.28. The van der Waals surface area contributed by atoms with Crippen molar-refractivity contribution < 1.29 is 0 Å². The van der Waals surface area contributed by atoms with Gasteiger partial charge in [0.05, 0.1) is 5.69 Å². The van der Waals surface area contributed by atoms with E-state index in [0.717, 1.165) is 25.3 Å². The molecule has 0 saturated heterocycles. The van der Waals surface area contributed by atoms with Crippen molar-refractivity contribution in [1.82, 2.24) is 10.3 Å². The number of thioether (sulfide) groups is 1. The Morgan fingerprint density at radius 2 is 2.11 bits per heavy atom. The molecular weight excluding hydrogens is 260 g/mol. The van der Waals surface area contributed by atoms with Crippen molar-refractivity contribution in [1.29, 1.82) is 0 Å². The van der Waals surface area contributed by atoms with Gasteiger partial charge in [0.15, 0.2) is 0 Å². The maximum atomic E-state index is 4.83. The minimum absolute atomic E-state index is 0.684. The van der Waals surface area contributed by atoms with Crippen molar-refractivity contribution in [2.24, 2.45) is 5.92 Å². The molecule has 0 aliphatic rings. The summed E-state index contributed by atoms with van der Waals surface area (Å²) in [6, 6.07) is 0. The lowest BCUT2D eigenvalue weighted by Gasteiger charge is -2.04. The molecule has 0 saturated carbocycles. The van der Waals surface area contributed by atoms with Gasteiger partial charge in [-0.15, -0.1) is 11.3 Å². The normalized spacial score (nSPS) is 11.4. The van der Waals surface area contributed by atoms with E-state index in [-0.39, 0.29) is 0 Å². The van der Waals surface area contributed by atoms with Crippen LogP contribution < -0.4 is 5.32 Å². The molecule has 2 nitrogen and oxygen atoms in total. The number of hydrogen-bond donors (Lipinski definition) is 1. The average Bonchev–Trinajstić information content (AvgIpc) is 2.68. The molecule has 1 heterocycles. The minimum atomic E-state index is 0.684. The second-order valence-electron chi connectivity index (χ2n) is 4.91. The maximum absolute atomic E-state index is 4.83. The summed E-state index contributed by atoms with van der Waals surface area (Å²) in [7, 11) is 0. The second-order valence-corrected chi connectivity index (χ2v) is 7.18. The van der Waals surface area contributed by atoms with Crippen LogP contribution >= 0.6 is 23.1 Å². The highest BCUT2D eigenvalue weighted by Crippen LogP contribution is 2.24. The highest BCUT2D eigenvalue weighted by molar-refractivity contribution is 7.98. The van der Waals surface area contributed by atoms with Gasteiger partial charge in [-0.05, 0) is 31.1 Å². The Kier molecular flexibility index (Phi) is 7.95. The summed E-state index contributed by atoms with van der Waals surface area (Å²) in [5.74, 6) is 3.00. The fraction of sp³-hybridized carbons (Fsp3) is 0.786. The van der Waals surface area contributed by atoms with Crippen molar-refractivity contribution in [3.05, 3.63) is 15.6 Å². The fourth-order valence-electron chi connectivity index (χ4n) is 1.73. The summed E-state index contributed by atoms with van der Waals surface area (Å²) >= 11 is 3.90. The number of thiazole rings is 1. The topological polar surface area (TPSA) is 24.9 Å². The zero-order valence-electron chi connectivity index (χ0n) is 12.1. The standard InChI is InChI=1S/C14H26N2S2/c1-5-7-17-10-14-16-12(8-11(3)4)13(18-14)9-15-6-2/h11,15H,5-10H2,1-4H3. The molecule has 104 valence electrons. The Morgan fingerprint density at radius 1 is 1.33 bits per heavy atom. The van der Waals surface area contributed by atoms with Gasteiger partial charge in [0.2, 0.25) is 0 Å². The fourth-order valence-corrected chi connectivity index (χ4v) is 3.74. The number of rotatable bonds is 9. The van der Waals surface area contributed by atoms with Crippen molar-refractivity contribution in [3.63, 3.8) is 0 Å². The van der Waals surface area contributed by atoms with Crippen LogP contribution in [0.5, 0.6) is 0 Å². The Labute approximate surface area is 120 Å². The van der Waals surface area contributed by atoms with Crippen LogP contribution in [0.1, 0.15) is 49.7 Å². The van der Waals surface area contributed by atoms with Gasteiger partial charge >= 0.3 is 0 Å². The third kappa shape index (κ3) is 5.72. The molecule has 0 aliphatic carbocycles. The van der Waals surface area contributed by atoms with Gasteiger partial charge in [-0.1, -0.05) is 27.7 Å². The van der Waals surface area contributed by atoms with E-state index < -0.39 is 0 Å². The van der Waals surface area contributed by atoms with Crippen LogP contribution in [0.2, 0.25) is 0 Å². The zero-order valence-corrected chi connectivity index (χ0v) is 13.7. The van der Waals surface area contributed by atoms with Crippen LogP contribution in [-0.4, -0.2) is 17.3 Å². The van der Waals surface area contributed by atoms with E-state index in [1.54, 1.807) is 0 Å². The highest BCUT2D eigenvalue weighted by Gasteiger charge is 2.12. The van der Waals surface area contributed by atoms with Crippen LogP contribution in [0.15, 0.2) is 0 Å². The molecule has 0 bridgehead atoms. The zero-order chi connectivity index (χ0) is 13.4. The third-order valence-electron chi connectivity index (χ3n) is 2.53. The quantitative estimate of drug-likeness (QED) is 0.692. The Hall–Kier alpha value is -0.0600. The van der Waals surface area contributed by atoms with Gasteiger partial charge in [0.1, 0.15) is 5.01 Å². The van der Waals surface area contributed by atoms with E-state index in [2.05, 4.69) is 33.0 Å². The van der Waals surface area contributed by atoms with Crippen molar-refractivity contribution in [2.45, 2.75) is 52.8 Å². The molecule has 0 amide bonds. The van der Waals surface area contributed by atoms with E-state index in [1.807, 2.05) is 23.1 Å². The van der Waals surface area contributed by atoms with Crippen LogP contribution in [0.4, 0.5) is 0 Å². The molecule has 18 heavy (non-hydrogen) atoms. The Bertz CT molecular complexity index is 335. The van der Waals surface area contributed by atoms with Crippen molar-refractivity contribution >= 4 is 23.1 Å². The van der Waals surface area contributed by atoms with Crippen LogP contribution in [0.25, 0.3) is 0 Å². The average molecular weight is 287 g/mol.